The first-order valence-corrected chi connectivity index (χ1v) is 12.4. The highest BCUT2D eigenvalue weighted by Crippen LogP contribution is 2.40. The van der Waals surface area contributed by atoms with Crippen LogP contribution in [0.25, 0.3) is 5.70 Å². The lowest BCUT2D eigenvalue weighted by Crippen LogP contribution is -2.46. The van der Waals surface area contributed by atoms with Crippen molar-refractivity contribution in [1.29, 1.82) is 0 Å². The number of rotatable bonds is 6. The van der Waals surface area contributed by atoms with E-state index in [-0.39, 0.29) is 17.1 Å². The highest BCUT2D eigenvalue weighted by molar-refractivity contribution is 6.04. The molecule has 3 aliphatic rings. The molecule has 8 nitrogen and oxygen atoms in total. The number of hydrogen-bond donors (Lipinski definition) is 3. The van der Waals surface area contributed by atoms with Gasteiger partial charge in [-0.05, 0) is 37.3 Å². The third-order valence-corrected chi connectivity index (χ3v) is 6.88. The van der Waals surface area contributed by atoms with E-state index in [1.54, 1.807) is 6.07 Å². The van der Waals surface area contributed by atoms with Gasteiger partial charge in [-0.1, -0.05) is 13.0 Å². The van der Waals surface area contributed by atoms with Gasteiger partial charge in [0.05, 0.1) is 49.6 Å². The van der Waals surface area contributed by atoms with E-state index in [1.165, 1.54) is 18.3 Å². The summed E-state index contributed by atoms with van der Waals surface area (Å²) in [6, 6.07) is 6.02. The van der Waals surface area contributed by atoms with Crippen molar-refractivity contribution in [3.05, 3.63) is 76.4 Å². The number of carbonyl (C=O) groups excluding carboxylic acids is 1. The van der Waals surface area contributed by atoms with E-state index >= 15 is 0 Å². The predicted octanol–water partition coefficient (Wildman–Crippen LogP) is 4.55. The van der Waals surface area contributed by atoms with Gasteiger partial charge in [0.15, 0.2) is 0 Å². The van der Waals surface area contributed by atoms with Crippen LogP contribution in [0.5, 0.6) is 0 Å². The zero-order valence-electron chi connectivity index (χ0n) is 21.1. The van der Waals surface area contributed by atoms with Crippen LogP contribution in [0.2, 0.25) is 0 Å². The number of alkyl halides is 3. The number of anilines is 1. The van der Waals surface area contributed by atoms with Crippen LogP contribution in [0.4, 0.5) is 18.9 Å². The molecule has 2 aromatic rings. The minimum Gasteiger partial charge on any atom is -0.474 e. The van der Waals surface area contributed by atoms with Crippen LogP contribution in [0.3, 0.4) is 0 Å². The van der Waals surface area contributed by atoms with E-state index in [4.69, 9.17) is 14.2 Å². The predicted molar refractivity (Wildman–Crippen MR) is 133 cm³/mol. The molecule has 0 aliphatic carbocycles. The Morgan fingerprint density at radius 3 is 2.61 bits per heavy atom. The Bertz CT molecular complexity index is 1280. The topological polar surface area (TPSA) is 93.7 Å². The van der Waals surface area contributed by atoms with Gasteiger partial charge in [0, 0.05) is 40.7 Å². The van der Waals surface area contributed by atoms with Crippen LogP contribution in [0.15, 0.2) is 54.1 Å². The molecule has 1 amide bonds. The number of carbonyl (C=O) groups is 1. The van der Waals surface area contributed by atoms with Gasteiger partial charge in [-0.3, -0.25) is 20.6 Å². The lowest BCUT2D eigenvalue weighted by Gasteiger charge is -2.42. The number of halogens is 3. The van der Waals surface area contributed by atoms with Crippen LogP contribution in [0, 0.1) is 12.3 Å². The average molecular weight is 531 g/mol. The minimum atomic E-state index is -4.54. The van der Waals surface area contributed by atoms with E-state index in [9.17, 15) is 18.0 Å². The fourth-order valence-corrected chi connectivity index (χ4v) is 4.56. The third-order valence-electron chi connectivity index (χ3n) is 6.88. The fraction of sp³-hybridized carbons (Fsp3) is 0.407. The molecule has 0 spiro atoms. The van der Waals surface area contributed by atoms with Crippen molar-refractivity contribution in [1.82, 2.24) is 15.8 Å². The Balaban J connectivity index is 1.41. The summed E-state index contributed by atoms with van der Waals surface area (Å²) in [6.07, 6.45) is 0.578. The van der Waals surface area contributed by atoms with Crippen molar-refractivity contribution in [3.8, 4) is 0 Å². The van der Waals surface area contributed by atoms with E-state index in [0.29, 0.717) is 55.0 Å². The van der Waals surface area contributed by atoms with Gasteiger partial charge in [0.2, 0.25) is 5.88 Å². The number of nitrogens with zero attached hydrogens (tertiary/aromatic N) is 1. The normalized spacial score (nSPS) is 19.6. The quantitative estimate of drug-likeness (QED) is 0.505. The first-order chi connectivity index (χ1) is 18.1. The van der Waals surface area contributed by atoms with E-state index in [0.717, 1.165) is 30.5 Å². The molecule has 1 aromatic heterocycles. The maximum absolute atomic E-state index is 13.1. The second-order valence-electron chi connectivity index (χ2n) is 9.92. The van der Waals surface area contributed by atoms with Gasteiger partial charge >= 0.3 is 6.18 Å². The molecule has 0 unspecified atom stereocenters. The highest BCUT2D eigenvalue weighted by Gasteiger charge is 2.41. The molecular weight excluding hydrogens is 501 g/mol. The minimum absolute atomic E-state index is 0.0420. The lowest BCUT2D eigenvalue weighted by atomic mass is 9.79. The molecule has 4 heterocycles. The number of aromatic nitrogens is 1. The Morgan fingerprint density at radius 2 is 1.92 bits per heavy atom. The monoisotopic (exact) mass is 530 g/mol. The van der Waals surface area contributed by atoms with Crippen molar-refractivity contribution in [2.45, 2.75) is 39.0 Å². The molecule has 0 radical (unpaired) electrons. The smallest absolute Gasteiger partial charge is 0.416 e. The lowest BCUT2D eigenvalue weighted by molar-refractivity contribution is -0.137. The highest BCUT2D eigenvalue weighted by atomic mass is 19.4. The molecule has 0 atom stereocenters. The molecule has 2 fully saturated rings. The first kappa shape index (κ1) is 26.1. The average Bonchev–Trinajstić information content (AvgIpc) is 2.89. The summed E-state index contributed by atoms with van der Waals surface area (Å²) in [4.78, 5) is 17.1. The molecule has 3 N–H and O–H groups in total. The van der Waals surface area contributed by atoms with Crippen molar-refractivity contribution in [2.24, 2.45) is 5.41 Å². The SMILES string of the molecule is Cc1ncc(NC(=O)c2cccc(C(F)(F)F)c2)cc1C1=CC(C2(C)COC2)=C(OC2CCOCC2)NN1. The molecule has 11 heteroatoms. The number of nitrogens with one attached hydrogen (secondary N) is 3. The van der Waals surface area contributed by atoms with Crippen molar-refractivity contribution in [2.75, 3.05) is 31.7 Å². The summed E-state index contributed by atoms with van der Waals surface area (Å²) in [7, 11) is 0. The van der Waals surface area contributed by atoms with Gasteiger partial charge in [-0.25, -0.2) is 0 Å². The maximum Gasteiger partial charge on any atom is 0.416 e. The largest absolute Gasteiger partial charge is 0.474 e. The van der Waals surface area contributed by atoms with E-state index < -0.39 is 17.6 Å². The Labute approximate surface area is 218 Å². The molecule has 2 saturated heterocycles. The molecule has 3 aliphatic heterocycles. The number of hydrogen-bond acceptors (Lipinski definition) is 7. The molecule has 38 heavy (non-hydrogen) atoms. The van der Waals surface area contributed by atoms with Crippen LogP contribution in [-0.2, 0) is 20.4 Å². The molecule has 1 aromatic carbocycles. The third kappa shape index (κ3) is 5.48. The van der Waals surface area contributed by atoms with Gasteiger partial charge in [0.25, 0.3) is 5.91 Å². The van der Waals surface area contributed by atoms with E-state index in [1.807, 2.05) is 13.0 Å². The standard InChI is InChI=1S/C27H29F3N4O4/c1-16-21(11-19(13-31-16)32-24(35)17-4-3-5-18(10-17)27(28,29)30)23-12-22(26(2)14-37-15-26)25(34-33-23)38-20-6-8-36-9-7-20/h3-5,10-13,20,33-34H,6-9,14-15H2,1-2H3,(H,32,35). The summed E-state index contributed by atoms with van der Waals surface area (Å²) >= 11 is 0. The number of ether oxygens (including phenoxy) is 3. The van der Waals surface area contributed by atoms with Crippen LogP contribution in [0.1, 0.15) is 46.9 Å². The number of pyridine rings is 1. The van der Waals surface area contributed by atoms with Crippen LogP contribution < -0.4 is 16.2 Å². The molecule has 0 bridgehead atoms. The summed E-state index contributed by atoms with van der Waals surface area (Å²) in [5.41, 5.74) is 8.59. The van der Waals surface area contributed by atoms with Gasteiger partial charge < -0.3 is 19.5 Å². The molecular formula is C27H29F3N4O4. The second kappa shape index (κ2) is 10.3. The Morgan fingerprint density at radius 1 is 1.16 bits per heavy atom. The second-order valence-corrected chi connectivity index (χ2v) is 9.92. The van der Waals surface area contributed by atoms with Gasteiger partial charge in [0.1, 0.15) is 6.10 Å². The van der Waals surface area contributed by atoms with Crippen molar-refractivity contribution >= 4 is 17.3 Å². The first-order valence-electron chi connectivity index (χ1n) is 12.4. The molecule has 202 valence electrons. The van der Waals surface area contributed by atoms with Crippen LogP contribution in [-0.4, -0.2) is 43.4 Å². The summed E-state index contributed by atoms with van der Waals surface area (Å²) < 4.78 is 56.5. The summed E-state index contributed by atoms with van der Waals surface area (Å²) in [5.74, 6) is -0.0191. The van der Waals surface area contributed by atoms with Crippen molar-refractivity contribution in [3.63, 3.8) is 0 Å². The van der Waals surface area contributed by atoms with Gasteiger partial charge in [-0.2, -0.15) is 13.2 Å². The number of benzene rings is 1. The van der Waals surface area contributed by atoms with E-state index in [2.05, 4.69) is 28.1 Å². The number of aryl methyl sites for hydroxylation is 1. The fourth-order valence-electron chi connectivity index (χ4n) is 4.56. The molecule has 5 rings (SSSR count). The zero-order chi connectivity index (χ0) is 26.9. The number of allylic oxidation sites excluding steroid dienone is 1. The maximum atomic E-state index is 13.1. The Kier molecular flexibility index (Phi) is 7.06. The molecule has 0 saturated carbocycles. The summed E-state index contributed by atoms with van der Waals surface area (Å²) in [5, 5.41) is 2.66. The van der Waals surface area contributed by atoms with Gasteiger partial charge in [-0.15, -0.1) is 0 Å². The number of hydrazine groups is 1. The Hall–Kier alpha value is -3.57. The van der Waals surface area contributed by atoms with Crippen molar-refractivity contribution < 1.29 is 32.2 Å². The number of amides is 1. The summed E-state index contributed by atoms with van der Waals surface area (Å²) in [6.45, 7) is 6.37. The van der Waals surface area contributed by atoms with Crippen LogP contribution >= 0.6 is 0 Å². The zero-order valence-corrected chi connectivity index (χ0v) is 21.1.